The number of hydrogen-bond donors (Lipinski definition) is 2. The number of anilines is 1. The molecule has 1 aliphatic rings. The molecule has 0 saturated heterocycles. The summed E-state index contributed by atoms with van der Waals surface area (Å²) in [5.74, 6) is 0.0657. The summed E-state index contributed by atoms with van der Waals surface area (Å²) >= 11 is 0. The van der Waals surface area contributed by atoms with Crippen molar-refractivity contribution in [2.75, 3.05) is 19.2 Å². The van der Waals surface area contributed by atoms with E-state index in [0.717, 1.165) is 0 Å². The summed E-state index contributed by atoms with van der Waals surface area (Å²) < 4.78 is 47.6. The van der Waals surface area contributed by atoms with Gasteiger partial charge in [0, 0.05) is 11.8 Å². The van der Waals surface area contributed by atoms with Gasteiger partial charge in [0.15, 0.2) is 17.6 Å². The number of carbonyl (C=O) groups excluding carboxylic acids is 2. The first kappa shape index (κ1) is 22.4. The summed E-state index contributed by atoms with van der Waals surface area (Å²) in [7, 11) is -2.51. The van der Waals surface area contributed by atoms with E-state index >= 15 is 0 Å². The molecule has 2 aromatic carbocycles. The minimum absolute atomic E-state index is 0.0402. The Balaban J connectivity index is 1.56. The van der Waals surface area contributed by atoms with Crippen molar-refractivity contribution in [1.82, 2.24) is 4.72 Å². The second kappa shape index (κ2) is 9.23. The first-order chi connectivity index (χ1) is 14.7. The van der Waals surface area contributed by atoms with Gasteiger partial charge in [-0.25, -0.2) is 8.42 Å². The zero-order valence-electron chi connectivity index (χ0n) is 17.1. The summed E-state index contributed by atoms with van der Waals surface area (Å²) in [4.78, 5) is 24.6. The van der Waals surface area contributed by atoms with Gasteiger partial charge in [0.25, 0.3) is 5.91 Å². The largest absolute Gasteiger partial charge is 0.497 e. The number of methoxy groups -OCH3 is 1. The molecule has 2 aromatic rings. The van der Waals surface area contributed by atoms with Crippen LogP contribution in [0.1, 0.15) is 13.8 Å². The highest BCUT2D eigenvalue weighted by Gasteiger charge is 2.27. The van der Waals surface area contributed by atoms with Crippen molar-refractivity contribution in [2.45, 2.75) is 30.9 Å². The van der Waals surface area contributed by atoms with Gasteiger partial charge in [-0.1, -0.05) is 0 Å². The second-order valence-electron chi connectivity index (χ2n) is 6.65. The Morgan fingerprint density at radius 2 is 1.71 bits per heavy atom. The minimum atomic E-state index is -3.97. The highest BCUT2D eigenvalue weighted by molar-refractivity contribution is 7.89. The van der Waals surface area contributed by atoms with Crippen LogP contribution in [0, 0.1) is 0 Å². The number of carbonyl (C=O) groups is 2. The quantitative estimate of drug-likeness (QED) is 0.581. The lowest BCUT2D eigenvalue weighted by Crippen LogP contribution is -2.42. The molecule has 0 spiro atoms. The van der Waals surface area contributed by atoms with Crippen molar-refractivity contribution in [3.63, 3.8) is 0 Å². The average Bonchev–Trinajstić information content (AvgIpc) is 3.21. The maximum atomic E-state index is 12.4. The van der Waals surface area contributed by atoms with Crippen LogP contribution in [0.5, 0.6) is 17.2 Å². The Hall–Kier alpha value is -3.31. The number of rotatable bonds is 8. The Bertz CT molecular complexity index is 1070. The lowest BCUT2D eigenvalue weighted by atomic mass is 10.2. The number of nitrogens with one attached hydrogen (secondary N) is 2. The van der Waals surface area contributed by atoms with Gasteiger partial charge in [-0.2, -0.15) is 4.72 Å². The molecule has 0 radical (unpaired) electrons. The number of fused-ring (bicyclic) bond motifs is 1. The van der Waals surface area contributed by atoms with Crippen molar-refractivity contribution in [2.24, 2.45) is 0 Å². The topological polar surface area (TPSA) is 129 Å². The zero-order valence-corrected chi connectivity index (χ0v) is 17.9. The molecule has 0 fully saturated rings. The maximum Gasteiger partial charge on any atom is 0.324 e. The van der Waals surface area contributed by atoms with E-state index in [1.54, 1.807) is 18.2 Å². The summed E-state index contributed by atoms with van der Waals surface area (Å²) in [5.41, 5.74) is 0.436. The number of sulfonamides is 1. The third-order valence-corrected chi connectivity index (χ3v) is 5.91. The Kier molecular flexibility index (Phi) is 6.66. The van der Waals surface area contributed by atoms with Crippen LogP contribution in [-0.4, -0.2) is 46.3 Å². The zero-order chi connectivity index (χ0) is 22.6. The van der Waals surface area contributed by atoms with E-state index in [2.05, 4.69) is 10.0 Å². The number of esters is 1. The molecule has 3 rings (SSSR count). The van der Waals surface area contributed by atoms with E-state index in [1.165, 1.54) is 45.2 Å². The van der Waals surface area contributed by atoms with Gasteiger partial charge in [-0.05, 0) is 50.2 Å². The Labute approximate surface area is 179 Å². The maximum absolute atomic E-state index is 12.4. The molecule has 2 unspecified atom stereocenters. The average molecular weight is 450 g/mol. The third-order valence-electron chi connectivity index (χ3n) is 4.36. The number of hydrogen-bond acceptors (Lipinski definition) is 8. The van der Waals surface area contributed by atoms with Crippen LogP contribution in [0.25, 0.3) is 0 Å². The summed E-state index contributed by atoms with van der Waals surface area (Å²) in [5, 5.41) is 2.60. The van der Waals surface area contributed by atoms with Crippen molar-refractivity contribution in [3.8, 4) is 17.2 Å². The molecule has 0 bridgehead atoms. The molecule has 1 amide bonds. The van der Waals surface area contributed by atoms with Gasteiger partial charge in [-0.15, -0.1) is 0 Å². The normalized spacial score (nSPS) is 14.4. The number of amides is 1. The van der Waals surface area contributed by atoms with Crippen molar-refractivity contribution in [3.05, 3.63) is 42.5 Å². The van der Waals surface area contributed by atoms with Gasteiger partial charge in [0.05, 0.1) is 12.0 Å². The molecule has 0 aliphatic carbocycles. The monoisotopic (exact) mass is 450 g/mol. The minimum Gasteiger partial charge on any atom is -0.497 e. The summed E-state index contributed by atoms with van der Waals surface area (Å²) in [6.45, 7) is 2.81. The molecular formula is C20H22N2O8S. The molecule has 1 heterocycles. The van der Waals surface area contributed by atoms with Gasteiger partial charge >= 0.3 is 5.97 Å². The molecule has 0 aromatic heterocycles. The molecular weight excluding hydrogens is 428 g/mol. The van der Waals surface area contributed by atoms with Gasteiger partial charge in [0.2, 0.25) is 16.8 Å². The number of benzene rings is 2. The highest BCUT2D eigenvalue weighted by atomic mass is 32.2. The van der Waals surface area contributed by atoms with Crippen LogP contribution < -0.4 is 24.2 Å². The molecule has 10 nitrogen and oxygen atoms in total. The van der Waals surface area contributed by atoms with Crippen molar-refractivity contribution in [1.29, 1.82) is 0 Å². The predicted octanol–water partition coefficient (Wildman–Crippen LogP) is 1.66. The predicted molar refractivity (Wildman–Crippen MR) is 110 cm³/mol. The van der Waals surface area contributed by atoms with Crippen LogP contribution in [0.2, 0.25) is 0 Å². The van der Waals surface area contributed by atoms with E-state index in [-0.39, 0.29) is 11.7 Å². The fraction of sp³-hybridized carbons (Fsp3) is 0.300. The molecule has 1 aliphatic heterocycles. The van der Waals surface area contributed by atoms with E-state index in [1.807, 2.05) is 0 Å². The van der Waals surface area contributed by atoms with Gasteiger partial charge in [0.1, 0.15) is 11.8 Å². The van der Waals surface area contributed by atoms with E-state index < -0.39 is 34.0 Å². The fourth-order valence-electron chi connectivity index (χ4n) is 2.65. The first-order valence-corrected chi connectivity index (χ1v) is 10.8. The Morgan fingerprint density at radius 1 is 1.03 bits per heavy atom. The van der Waals surface area contributed by atoms with Crippen LogP contribution in [0.4, 0.5) is 5.69 Å². The molecule has 31 heavy (non-hydrogen) atoms. The van der Waals surface area contributed by atoms with Crippen LogP contribution in [0.3, 0.4) is 0 Å². The summed E-state index contributed by atoms with van der Waals surface area (Å²) in [6, 6.07) is 9.30. The van der Waals surface area contributed by atoms with Crippen molar-refractivity contribution >= 4 is 27.6 Å². The first-order valence-electron chi connectivity index (χ1n) is 9.27. The van der Waals surface area contributed by atoms with Gasteiger partial charge < -0.3 is 24.3 Å². The molecule has 2 N–H and O–H groups in total. The van der Waals surface area contributed by atoms with E-state index in [9.17, 15) is 18.0 Å². The van der Waals surface area contributed by atoms with Crippen LogP contribution >= 0.6 is 0 Å². The van der Waals surface area contributed by atoms with Crippen LogP contribution in [-0.2, 0) is 24.3 Å². The Morgan fingerprint density at radius 3 is 2.39 bits per heavy atom. The molecule has 2 atom stereocenters. The van der Waals surface area contributed by atoms with Crippen molar-refractivity contribution < 1.29 is 37.0 Å². The lowest BCUT2D eigenvalue weighted by Gasteiger charge is -2.18. The second-order valence-corrected chi connectivity index (χ2v) is 8.37. The summed E-state index contributed by atoms with van der Waals surface area (Å²) in [6.07, 6.45) is -1.16. The highest BCUT2D eigenvalue weighted by Crippen LogP contribution is 2.34. The van der Waals surface area contributed by atoms with Crippen LogP contribution in [0.15, 0.2) is 47.4 Å². The fourth-order valence-corrected chi connectivity index (χ4v) is 3.84. The molecule has 11 heteroatoms. The lowest BCUT2D eigenvalue weighted by molar-refractivity contribution is -0.154. The van der Waals surface area contributed by atoms with E-state index in [0.29, 0.717) is 22.9 Å². The standard InChI is InChI=1S/C20H22N2O8S/c1-12(22-31(25,26)16-7-5-15(27-3)6-8-16)20(24)30-13(2)19(23)21-14-4-9-17-18(10-14)29-11-28-17/h4-10,12-13,22H,11H2,1-3H3,(H,21,23). The molecule has 166 valence electrons. The van der Waals surface area contributed by atoms with E-state index in [4.69, 9.17) is 18.9 Å². The molecule has 0 saturated carbocycles. The number of ether oxygens (including phenoxy) is 4. The van der Waals surface area contributed by atoms with Gasteiger partial charge in [-0.3, -0.25) is 9.59 Å². The third kappa shape index (κ3) is 5.44. The SMILES string of the molecule is COc1ccc(S(=O)(=O)NC(C)C(=O)OC(C)C(=O)Nc2ccc3c(c2)OCO3)cc1. The smallest absolute Gasteiger partial charge is 0.324 e.